The van der Waals surface area contributed by atoms with Crippen LogP contribution in [0.1, 0.15) is 11.1 Å². The van der Waals surface area contributed by atoms with E-state index in [4.69, 9.17) is 11.6 Å². The fourth-order valence-corrected chi connectivity index (χ4v) is 2.62. The van der Waals surface area contributed by atoms with Gasteiger partial charge in [0.15, 0.2) is 0 Å². The molecule has 0 aliphatic rings. The smallest absolute Gasteiger partial charge is 0.305 e. The molecule has 2 aromatic carbocycles. The summed E-state index contributed by atoms with van der Waals surface area (Å²) >= 11 is 5.94. The van der Waals surface area contributed by atoms with Gasteiger partial charge in [0.05, 0.1) is 12.2 Å². The van der Waals surface area contributed by atoms with Crippen molar-refractivity contribution >= 4 is 11.6 Å². The number of rotatable bonds is 3. The highest BCUT2D eigenvalue weighted by atomic mass is 35.5. The van der Waals surface area contributed by atoms with Crippen LogP contribution in [0.25, 0.3) is 5.69 Å². The largest absolute Gasteiger partial charge is 0.320 e. The van der Waals surface area contributed by atoms with Gasteiger partial charge >= 0.3 is 11.1 Å². The summed E-state index contributed by atoms with van der Waals surface area (Å²) < 4.78 is 2.73. The number of benzene rings is 2. The Kier molecular flexibility index (Phi) is 4.17. The van der Waals surface area contributed by atoms with Crippen molar-refractivity contribution in [1.29, 1.82) is 0 Å². The Labute approximate surface area is 138 Å². The molecular formula is C18H15ClN2O2. The van der Waals surface area contributed by atoms with E-state index in [0.29, 0.717) is 17.3 Å². The molecule has 3 rings (SSSR count). The number of aromatic nitrogens is 2. The minimum absolute atomic E-state index is 0.372. The summed E-state index contributed by atoms with van der Waals surface area (Å²) in [5.74, 6) is 0. The Morgan fingerprint density at radius 3 is 2.48 bits per heavy atom. The van der Waals surface area contributed by atoms with Crippen LogP contribution in [-0.4, -0.2) is 9.13 Å². The second-order valence-corrected chi connectivity index (χ2v) is 5.75. The molecule has 0 spiro atoms. The molecule has 1 aromatic heterocycles. The SMILES string of the molecule is Cc1ccccc1Cn1ccn(-c2cccc(Cl)c2)c(=O)c1=O. The molecule has 0 saturated carbocycles. The van der Waals surface area contributed by atoms with Crippen molar-refractivity contribution in [2.45, 2.75) is 13.5 Å². The Morgan fingerprint density at radius 1 is 0.957 bits per heavy atom. The van der Waals surface area contributed by atoms with Crippen LogP contribution in [0.2, 0.25) is 5.02 Å². The van der Waals surface area contributed by atoms with Crippen molar-refractivity contribution in [3.8, 4) is 5.69 Å². The molecule has 0 radical (unpaired) electrons. The zero-order valence-electron chi connectivity index (χ0n) is 12.6. The third kappa shape index (κ3) is 3.12. The Balaban J connectivity index is 2.04. The first-order valence-electron chi connectivity index (χ1n) is 7.19. The number of nitrogens with zero attached hydrogens (tertiary/aromatic N) is 2. The van der Waals surface area contributed by atoms with Gasteiger partial charge in [0.2, 0.25) is 0 Å². The zero-order valence-corrected chi connectivity index (χ0v) is 13.3. The number of aryl methyl sites for hydroxylation is 1. The molecule has 0 saturated heterocycles. The lowest BCUT2D eigenvalue weighted by Gasteiger charge is -2.10. The van der Waals surface area contributed by atoms with E-state index in [2.05, 4.69) is 0 Å². The second-order valence-electron chi connectivity index (χ2n) is 5.31. The molecule has 0 unspecified atom stereocenters. The molecule has 0 bridgehead atoms. The molecule has 5 heteroatoms. The van der Waals surface area contributed by atoms with Crippen LogP contribution in [0, 0.1) is 6.92 Å². The van der Waals surface area contributed by atoms with Crippen molar-refractivity contribution in [2.75, 3.05) is 0 Å². The van der Waals surface area contributed by atoms with E-state index in [1.54, 1.807) is 36.7 Å². The van der Waals surface area contributed by atoms with Gasteiger partial charge in [0, 0.05) is 17.4 Å². The average Bonchev–Trinajstić information content (AvgIpc) is 2.54. The fraction of sp³-hybridized carbons (Fsp3) is 0.111. The van der Waals surface area contributed by atoms with Crippen LogP contribution in [0.15, 0.2) is 70.5 Å². The van der Waals surface area contributed by atoms with Crippen LogP contribution in [-0.2, 0) is 6.54 Å². The number of halogens is 1. The summed E-state index contributed by atoms with van der Waals surface area (Å²) in [7, 11) is 0. The van der Waals surface area contributed by atoms with Gasteiger partial charge in [-0.15, -0.1) is 0 Å². The highest BCUT2D eigenvalue weighted by Crippen LogP contribution is 2.13. The van der Waals surface area contributed by atoms with Crippen molar-refractivity contribution in [2.24, 2.45) is 0 Å². The first-order valence-corrected chi connectivity index (χ1v) is 7.56. The van der Waals surface area contributed by atoms with Crippen LogP contribution < -0.4 is 11.1 Å². The Bertz CT molecular complexity index is 973. The molecule has 0 amide bonds. The first-order chi connectivity index (χ1) is 11.1. The lowest BCUT2D eigenvalue weighted by molar-refractivity contribution is 0.715. The number of hydrogen-bond acceptors (Lipinski definition) is 2. The molecule has 0 aliphatic heterocycles. The van der Waals surface area contributed by atoms with Gasteiger partial charge in [0.1, 0.15) is 0 Å². The zero-order chi connectivity index (χ0) is 16.4. The molecule has 3 aromatic rings. The van der Waals surface area contributed by atoms with Gasteiger partial charge in [-0.25, -0.2) is 0 Å². The summed E-state index contributed by atoms with van der Waals surface area (Å²) in [5.41, 5.74) is 1.51. The van der Waals surface area contributed by atoms with Crippen LogP contribution in [0.4, 0.5) is 0 Å². The summed E-state index contributed by atoms with van der Waals surface area (Å²) in [5, 5.41) is 0.512. The maximum Gasteiger partial charge on any atom is 0.320 e. The minimum Gasteiger partial charge on any atom is -0.305 e. The molecule has 0 fully saturated rings. The molecule has 0 aliphatic carbocycles. The fourth-order valence-electron chi connectivity index (χ4n) is 2.43. The second kappa shape index (κ2) is 6.26. The Hall–Kier alpha value is -2.59. The highest BCUT2D eigenvalue weighted by molar-refractivity contribution is 6.30. The molecular weight excluding hydrogens is 312 g/mol. The van der Waals surface area contributed by atoms with E-state index in [-0.39, 0.29) is 0 Å². The van der Waals surface area contributed by atoms with Gasteiger partial charge < -0.3 is 4.57 Å². The van der Waals surface area contributed by atoms with E-state index >= 15 is 0 Å². The monoisotopic (exact) mass is 326 g/mol. The van der Waals surface area contributed by atoms with Crippen LogP contribution in [0.5, 0.6) is 0 Å². The maximum atomic E-state index is 12.4. The van der Waals surface area contributed by atoms with E-state index in [1.807, 2.05) is 31.2 Å². The lowest BCUT2D eigenvalue weighted by atomic mass is 10.1. The molecule has 0 N–H and O–H groups in total. The average molecular weight is 327 g/mol. The molecule has 4 nitrogen and oxygen atoms in total. The summed E-state index contributed by atoms with van der Waals surface area (Å²) in [4.78, 5) is 24.7. The number of hydrogen-bond donors (Lipinski definition) is 0. The van der Waals surface area contributed by atoms with Crippen molar-refractivity contribution < 1.29 is 0 Å². The van der Waals surface area contributed by atoms with Gasteiger partial charge in [-0.05, 0) is 36.2 Å². The third-order valence-electron chi connectivity index (χ3n) is 3.75. The van der Waals surface area contributed by atoms with Gasteiger partial charge in [0.25, 0.3) is 0 Å². The van der Waals surface area contributed by atoms with Gasteiger partial charge in [-0.2, -0.15) is 0 Å². The highest BCUT2D eigenvalue weighted by Gasteiger charge is 2.08. The van der Waals surface area contributed by atoms with Crippen LogP contribution in [0.3, 0.4) is 0 Å². The summed E-state index contributed by atoms with van der Waals surface area (Å²) in [6, 6.07) is 14.6. The standard InChI is InChI=1S/C18H15ClN2O2/c1-13-5-2-3-6-14(13)12-20-9-10-21(18(23)17(20)22)16-8-4-7-15(19)11-16/h2-11H,12H2,1H3. The topological polar surface area (TPSA) is 44.0 Å². The first kappa shape index (κ1) is 15.3. The van der Waals surface area contributed by atoms with Crippen molar-refractivity contribution in [3.63, 3.8) is 0 Å². The maximum absolute atomic E-state index is 12.4. The van der Waals surface area contributed by atoms with E-state index in [9.17, 15) is 9.59 Å². The summed E-state index contributed by atoms with van der Waals surface area (Å²) in [6.07, 6.45) is 3.21. The van der Waals surface area contributed by atoms with Crippen LogP contribution >= 0.6 is 11.6 Å². The summed E-state index contributed by atoms with van der Waals surface area (Å²) in [6.45, 7) is 2.35. The van der Waals surface area contributed by atoms with Crippen molar-refractivity contribution in [1.82, 2.24) is 9.13 Å². The van der Waals surface area contributed by atoms with E-state index in [0.717, 1.165) is 11.1 Å². The molecule has 23 heavy (non-hydrogen) atoms. The molecule has 116 valence electrons. The molecule has 0 atom stereocenters. The lowest BCUT2D eigenvalue weighted by Crippen LogP contribution is -2.40. The quantitative estimate of drug-likeness (QED) is 0.694. The predicted octanol–water partition coefficient (Wildman–Crippen LogP) is 3.01. The Morgan fingerprint density at radius 2 is 1.74 bits per heavy atom. The normalized spacial score (nSPS) is 10.7. The molecule has 1 heterocycles. The van der Waals surface area contributed by atoms with Crippen molar-refractivity contribution in [3.05, 3.63) is 97.8 Å². The van der Waals surface area contributed by atoms with Gasteiger partial charge in [-0.3, -0.25) is 14.2 Å². The third-order valence-corrected chi connectivity index (χ3v) is 3.98. The van der Waals surface area contributed by atoms with E-state index < -0.39 is 11.1 Å². The van der Waals surface area contributed by atoms with Gasteiger partial charge in [-0.1, -0.05) is 41.9 Å². The predicted molar refractivity (Wildman–Crippen MR) is 91.6 cm³/mol. The minimum atomic E-state index is -0.594. The van der Waals surface area contributed by atoms with E-state index in [1.165, 1.54) is 9.13 Å².